The zero-order chi connectivity index (χ0) is 16.4. The van der Waals surface area contributed by atoms with Crippen LogP contribution in [-0.4, -0.2) is 5.11 Å². The summed E-state index contributed by atoms with van der Waals surface area (Å²) in [6.45, 7) is 1.61. The molecule has 23 heavy (non-hydrogen) atoms. The summed E-state index contributed by atoms with van der Waals surface area (Å²) < 4.78 is 19.2. The Labute approximate surface area is 133 Å². The summed E-state index contributed by atoms with van der Waals surface area (Å²) in [5, 5.41) is 10.7. The van der Waals surface area contributed by atoms with Gasteiger partial charge in [-0.2, -0.15) is 0 Å². The highest BCUT2D eigenvalue weighted by Gasteiger charge is 2.16. The third-order valence-corrected chi connectivity index (χ3v) is 3.84. The highest BCUT2D eigenvalue weighted by molar-refractivity contribution is 5.96. The number of aliphatic hydroxyl groups excluding tert-OH is 1. The maximum Gasteiger partial charge on any atom is 0.343 e. The predicted octanol–water partition coefficient (Wildman–Crippen LogP) is 4.04. The molecule has 0 spiro atoms. The lowest BCUT2D eigenvalue weighted by Crippen LogP contribution is -2.05. The van der Waals surface area contributed by atoms with Crippen LogP contribution in [0.2, 0.25) is 0 Å². The molecule has 0 unspecified atom stereocenters. The fraction of sp³-hybridized carbons (Fsp3) is 0.211. The first-order valence-corrected chi connectivity index (χ1v) is 7.59. The Balaban J connectivity index is 2.35. The Morgan fingerprint density at radius 3 is 2.57 bits per heavy atom. The van der Waals surface area contributed by atoms with E-state index in [1.165, 1.54) is 12.1 Å². The van der Waals surface area contributed by atoms with Gasteiger partial charge in [-0.1, -0.05) is 37.6 Å². The number of halogens is 1. The van der Waals surface area contributed by atoms with E-state index in [1.54, 1.807) is 24.3 Å². The average molecular weight is 312 g/mol. The molecule has 1 N–H and O–H groups in total. The van der Waals surface area contributed by atoms with E-state index in [9.17, 15) is 14.3 Å². The third kappa shape index (κ3) is 2.90. The van der Waals surface area contributed by atoms with Gasteiger partial charge >= 0.3 is 5.63 Å². The molecule has 0 saturated carbocycles. The van der Waals surface area contributed by atoms with Gasteiger partial charge in [-0.05, 0) is 35.7 Å². The minimum absolute atomic E-state index is 0.154. The second-order valence-electron chi connectivity index (χ2n) is 5.49. The summed E-state index contributed by atoms with van der Waals surface area (Å²) in [5.74, 6) is -0.188. The molecule has 4 heteroatoms. The van der Waals surface area contributed by atoms with E-state index in [4.69, 9.17) is 4.42 Å². The SMILES string of the molecule is CCCc1cc(F)cc(-c2c(CO)oc(=O)c3ccccc23)c1. The minimum atomic E-state index is -0.501. The first kappa shape index (κ1) is 15.4. The van der Waals surface area contributed by atoms with Crippen LogP contribution in [0.5, 0.6) is 0 Å². The van der Waals surface area contributed by atoms with Crippen molar-refractivity contribution in [3.63, 3.8) is 0 Å². The summed E-state index contributed by atoms with van der Waals surface area (Å²) in [7, 11) is 0. The number of hydrogen-bond donors (Lipinski definition) is 1. The lowest BCUT2D eigenvalue weighted by atomic mass is 9.96. The third-order valence-electron chi connectivity index (χ3n) is 3.84. The van der Waals surface area contributed by atoms with E-state index in [0.717, 1.165) is 18.4 Å². The van der Waals surface area contributed by atoms with E-state index in [0.29, 0.717) is 21.9 Å². The van der Waals surface area contributed by atoms with E-state index >= 15 is 0 Å². The smallest absolute Gasteiger partial charge is 0.343 e. The van der Waals surface area contributed by atoms with Crippen molar-refractivity contribution in [1.29, 1.82) is 0 Å². The molecular weight excluding hydrogens is 295 g/mol. The van der Waals surface area contributed by atoms with Crippen molar-refractivity contribution in [1.82, 2.24) is 0 Å². The number of fused-ring (bicyclic) bond motifs is 1. The van der Waals surface area contributed by atoms with Gasteiger partial charge in [-0.25, -0.2) is 9.18 Å². The van der Waals surface area contributed by atoms with Crippen molar-refractivity contribution in [2.24, 2.45) is 0 Å². The zero-order valence-electron chi connectivity index (χ0n) is 12.8. The first-order chi connectivity index (χ1) is 11.1. The van der Waals surface area contributed by atoms with E-state index in [2.05, 4.69) is 0 Å². The van der Waals surface area contributed by atoms with E-state index in [1.807, 2.05) is 13.0 Å². The molecule has 0 fully saturated rings. The Bertz CT molecular complexity index is 912. The number of aliphatic hydroxyl groups is 1. The largest absolute Gasteiger partial charge is 0.424 e. The molecule has 118 valence electrons. The summed E-state index contributed by atoms with van der Waals surface area (Å²) in [5.41, 5.74) is 1.55. The van der Waals surface area contributed by atoms with Crippen molar-refractivity contribution in [3.8, 4) is 11.1 Å². The second kappa shape index (κ2) is 6.34. The van der Waals surface area contributed by atoms with Crippen LogP contribution in [0.1, 0.15) is 24.7 Å². The molecule has 0 atom stereocenters. The number of hydrogen-bond acceptors (Lipinski definition) is 3. The topological polar surface area (TPSA) is 50.4 Å². The van der Waals surface area contributed by atoms with Crippen LogP contribution < -0.4 is 5.63 Å². The Kier molecular flexibility index (Phi) is 4.26. The van der Waals surface area contributed by atoms with Gasteiger partial charge in [0.05, 0.1) is 5.39 Å². The van der Waals surface area contributed by atoms with E-state index < -0.39 is 12.2 Å². The van der Waals surface area contributed by atoms with Crippen LogP contribution >= 0.6 is 0 Å². The maximum absolute atomic E-state index is 14.0. The number of aryl methyl sites for hydroxylation is 1. The van der Waals surface area contributed by atoms with Crippen molar-refractivity contribution >= 4 is 10.8 Å². The molecule has 3 rings (SSSR count). The van der Waals surface area contributed by atoms with Gasteiger partial charge in [0.2, 0.25) is 0 Å². The fourth-order valence-corrected chi connectivity index (χ4v) is 2.90. The molecule has 1 aromatic heterocycles. The van der Waals surface area contributed by atoms with Gasteiger partial charge in [0.25, 0.3) is 0 Å². The Hall–Kier alpha value is -2.46. The molecule has 0 saturated heterocycles. The van der Waals surface area contributed by atoms with E-state index in [-0.39, 0.29) is 11.6 Å². The molecule has 0 aliphatic heterocycles. The summed E-state index contributed by atoms with van der Waals surface area (Å²) in [4.78, 5) is 12.0. The highest BCUT2D eigenvalue weighted by atomic mass is 19.1. The summed E-state index contributed by atoms with van der Waals surface area (Å²) in [6, 6.07) is 11.8. The Morgan fingerprint density at radius 1 is 1.13 bits per heavy atom. The monoisotopic (exact) mass is 312 g/mol. The van der Waals surface area contributed by atoms with Crippen LogP contribution in [-0.2, 0) is 13.0 Å². The first-order valence-electron chi connectivity index (χ1n) is 7.59. The van der Waals surface area contributed by atoms with Gasteiger partial charge in [0.15, 0.2) is 0 Å². The van der Waals surface area contributed by atoms with Gasteiger partial charge in [-0.15, -0.1) is 0 Å². The van der Waals surface area contributed by atoms with Crippen LogP contribution in [0.25, 0.3) is 21.9 Å². The normalized spacial score (nSPS) is 11.1. The molecule has 2 aromatic carbocycles. The van der Waals surface area contributed by atoms with Crippen molar-refractivity contribution in [2.45, 2.75) is 26.4 Å². The second-order valence-corrected chi connectivity index (χ2v) is 5.49. The molecule has 0 radical (unpaired) electrons. The minimum Gasteiger partial charge on any atom is -0.424 e. The predicted molar refractivity (Wildman–Crippen MR) is 87.8 cm³/mol. The molecular formula is C19H17FO3. The van der Waals surface area contributed by atoms with Crippen LogP contribution in [0.3, 0.4) is 0 Å². The average Bonchev–Trinajstić information content (AvgIpc) is 2.54. The number of rotatable bonds is 4. The number of benzene rings is 2. The van der Waals surface area contributed by atoms with Crippen molar-refractivity contribution in [2.75, 3.05) is 0 Å². The lowest BCUT2D eigenvalue weighted by Gasteiger charge is -2.12. The highest BCUT2D eigenvalue weighted by Crippen LogP contribution is 2.32. The van der Waals surface area contributed by atoms with Crippen LogP contribution in [0.15, 0.2) is 51.7 Å². The molecule has 0 aliphatic rings. The Morgan fingerprint density at radius 2 is 1.87 bits per heavy atom. The van der Waals surface area contributed by atoms with Crippen LogP contribution in [0.4, 0.5) is 4.39 Å². The lowest BCUT2D eigenvalue weighted by molar-refractivity contribution is 0.242. The summed E-state index contributed by atoms with van der Waals surface area (Å²) in [6.07, 6.45) is 1.66. The van der Waals surface area contributed by atoms with Gasteiger partial charge in [0.1, 0.15) is 18.2 Å². The molecule has 0 bridgehead atoms. The maximum atomic E-state index is 14.0. The quantitative estimate of drug-likeness (QED) is 0.791. The van der Waals surface area contributed by atoms with Crippen molar-refractivity contribution < 1.29 is 13.9 Å². The van der Waals surface area contributed by atoms with Crippen molar-refractivity contribution in [3.05, 3.63) is 70.0 Å². The van der Waals surface area contributed by atoms with Gasteiger partial charge < -0.3 is 9.52 Å². The summed E-state index contributed by atoms with van der Waals surface area (Å²) >= 11 is 0. The molecule has 0 aliphatic carbocycles. The van der Waals surface area contributed by atoms with Gasteiger partial charge in [-0.3, -0.25) is 0 Å². The standard InChI is InChI=1S/C19H17FO3/c1-2-5-12-8-13(10-14(20)9-12)18-15-6-3-4-7-16(15)19(22)23-17(18)11-21/h3-4,6-10,21H,2,5,11H2,1H3. The fourth-order valence-electron chi connectivity index (χ4n) is 2.90. The molecule has 3 aromatic rings. The molecule has 1 heterocycles. The zero-order valence-corrected chi connectivity index (χ0v) is 12.8. The molecule has 0 amide bonds. The van der Waals surface area contributed by atoms with Gasteiger partial charge in [0, 0.05) is 10.9 Å². The molecule has 3 nitrogen and oxygen atoms in total. The van der Waals surface area contributed by atoms with Crippen LogP contribution in [0, 0.1) is 5.82 Å².